The molecule has 1 saturated heterocycles. The predicted octanol–water partition coefficient (Wildman–Crippen LogP) is 3.77. The zero-order valence-electron chi connectivity index (χ0n) is 16.9. The Morgan fingerprint density at radius 3 is 2.44 bits per heavy atom. The fourth-order valence-electron chi connectivity index (χ4n) is 6.68. The van der Waals surface area contributed by atoms with Crippen LogP contribution in [0.15, 0.2) is 5.38 Å². The van der Waals surface area contributed by atoms with E-state index >= 15 is 0 Å². The van der Waals surface area contributed by atoms with E-state index in [0.717, 1.165) is 70.2 Å². The highest BCUT2D eigenvalue weighted by Gasteiger charge is 2.52. The van der Waals surface area contributed by atoms with Crippen molar-refractivity contribution in [3.63, 3.8) is 0 Å². The van der Waals surface area contributed by atoms with Crippen LogP contribution in [0, 0.1) is 17.8 Å². The third-order valence-corrected chi connectivity index (χ3v) is 8.85. The molecule has 4 aliphatic carbocycles. The number of nitrogens with zero attached hydrogens (tertiary/aromatic N) is 3. The third kappa shape index (κ3) is 3.85. The zero-order chi connectivity index (χ0) is 18.3. The molecule has 1 aromatic rings. The van der Waals surface area contributed by atoms with Crippen LogP contribution in [0.1, 0.15) is 56.2 Å². The molecular weight excluding hydrogens is 354 g/mol. The first-order valence-electron chi connectivity index (χ1n) is 11.2. The summed E-state index contributed by atoms with van der Waals surface area (Å²) in [4.78, 5) is 10.3. The molecule has 0 N–H and O–H groups in total. The van der Waals surface area contributed by atoms with E-state index in [1.54, 1.807) is 0 Å². The summed E-state index contributed by atoms with van der Waals surface area (Å²) in [5.74, 6) is 3.01. The molecule has 0 amide bonds. The monoisotopic (exact) mass is 389 g/mol. The van der Waals surface area contributed by atoms with E-state index in [4.69, 9.17) is 9.72 Å². The maximum absolute atomic E-state index is 5.47. The Bertz CT molecular complexity index is 604. The molecular formula is C22H35N3OS. The van der Waals surface area contributed by atoms with Crippen molar-refractivity contribution >= 4 is 11.3 Å². The summed E-state index contributed by atoms with van der Waals surface area (Å²) in [6.45, 7) is 10.7. The van der Waals surface area contributed by atoms with Crippen molar-refractivity contribution < 1.29 is 4.74 Å². The fourth-order valence-corrected chi connectivity index (χ4v) is 7.73. The molecule has 27 heavy (non-hydrogen) atoms. The quantitative estimate of drug-likeness (QED) is 0.710. The highest BCUT2D eigenvalue weighted by Crippen LogP contribution is 2.61. The smallest absolute Gasteiger partial charge is 0.0991 e. The maximum Gasteiger partial charge on any atom is 0.0991 e. The Hall–Kier alpha value is -0.490. The summed E-state index contributed by atoms with van der Waals surface area (Å²) >= 11 is 1.97. The highest BCUT2D eigenvalue weighted by atomic mass is 32.1. The minimum absolute atomic E-state index is 0.461. The molecule has 5 aliphatic rings. The Morgan fingerprint density at radius 1 is 1.15 bits per heavy atom. The highest BCUT2D eigenvalue weighted by molar-refractivity contribution is 7.09. The molecule has 1 aliphatic heterocycles. The molecule has 0 spiro atoms. The van der Waals surface area contributed by atoms with Crippen molar-refractivity contribution in [1.82, 2.24) is 14.8 Å². The summed E-state index contributed by atoms with van der Waals surface area (Å²) in [5.41, 5.74) is 1.78. The average molecular weight is 390 g/mol. The van der Waals surface area contributed by atoms with Crippen molar-refractivity contribution in [1.29, 1.82) is 0 Å². The van der Waals surface area contributed by atoms with Crippen LogP contribution in [0.5, 0.6) is 0 Å². The normalized spacial score (nSPS) is 36.0. The van der Waals surface area contributed by atoms with Crippen molar-refractivity contribution in [3.8, 4) is 0 Å². The molecule has 1 aromatic heterocycles. The molecule has 4 saturated carbocycles. The van der Waals surface area contributed by atoms with Gasteiger partial charge < -0.3 is 4.74 Å². The van der Waals surface area contributed by atoms with Gasteiger partial charge in [0, 0.05) is 43.5 Å². The molecule has 0 unspecified atom stereocenters. The van der Waals surface area contributed by atoms with Crippen molar-refractivity contribution in [2.24, 2.45) is 17.8 Å². The number of rotatable bonds is 7. The van der Waals surface area contributed by atoms with Gasteiger partial charge >= 0.3 is 0 Å². The molecule has 2 heterocycles. The first-order chi connectivity index (χ1) is 13.2. The van der Waals surface area contributed by atoms with Gasteiger partial charge in [-0.3, -0.25) is 9.80 Å². The molecule has 150 valence electrons. The summed E-state index contributed by atoms with van der Waals surface area (Å²) in [7, 11) is 0. The van der Waals surface area contributed by atoms with E-state index in [2.05, 4.69) is 22.1 Å². The SMILES string of the molecule is CCN(CCN1CCOCC1)Cc1csc(C23CC4CC(CC(C4)C2)C3)n1. The van der Waals surface area contributed by atoms with Crippen LogP contribution >= 0.6 is 11.3 Å². The number of thiazole rings is 1. The minimum atomic E-state index is 0.461. The zero-order valence-corrected chi connectivity index (χ0v) is 17.7. The van der Waals surface area contributed by atoms with Crippen LogP contribution in [0.2, 0.25) is 0 Å². The van der Waals surface area contributed by atoms with Crippen LogP contribution in [0.3, 0.4) is 0 Å². The fraction of sp³-hybridized carbons (Fsp3) is 0.864. The Balaban J connectivity index is 1.21. The first kappa shape index (κ1) is 18.5. The van der Waals surface area contributed by atoms with E-state index in [0.29, 0.717) is 5.41 Å². The van der Waals surface area contributed by atoms with E-state index in [1.165, 1.54) is 49.2 Å². The summed E-state index contributed by atoms with van der Waals surface area (Å²) in [6, 6.07) is 0. The largest absolute Gasteiger partial charge is 0.379 e. The minimum Gasteiger partial charge on any atom is -0.379 e. The van der Waals surface area contributed by atoms with E-state index in [1.807, 2.05) is 11.3 Å². The van der Waals surface area contributed by atoms with E-state index in [9.17, 15) is 0 Å². The van der Waals surface area contributed by atoms with Gasteiger partial charge in [-0.2, -0.15) is 0 Å². The maximum atomic E-state index is 5.47. The number of hydrogen-bond acceptors (Lipinski definition) is 5. The molecule has 4 nitrogen and oxygen atoms in total. The van der Waals surface area contributed by atoms with Crippen LogP contribution in [-0.4, -0.2) is 60.7 Å². The topological polar surface area (TPSA) is 28.6 Å². The van der Waals surface area contributed by atoms with Crippen LogP contribution in [0.4, 0.5) is 0 Å². The average Bonchev–Trinajstić information content (AvgIpc) is 3.14. The van der Waals surface area contributed by atoms with E-state index in [-0.39, 0.29) is 0 Å². The molecule has 0 radical (unpaired) electrons. The second-order valence-electron chi connectivity index (χ2n) is 9.66. The van der Waals surface area contributed by atoms with Gasteiger partial charge in [0.25, 0.3) is 0 Å². The van der Waals surface area contributed by atoms with Crippen LogP contribution in [0.25, 0.3) is 0 Å². The Kier molecular flexibility index (Phi) is 5.31. The van der Waals surface area contributed by atoms with Gasteiger partial charge in [0.1, 0.15) is 0 Å². The van der Waals surface area contributed by atoms with Gasteiger partial charge in [-0.25, -0.2) is 4.98 Å². The second kappa shape index (κ2) is 7.74. The second-order valence-corrected chi connectivity index (χ2v) is 10.5. The summed E-state index contributed by atoms with van der Waals surface area (Å²) < 4.78 is 5.47. The van der Waals surface area contributed by atoms with Crippen LogP contribution < -0.4 is 0 Å². The van der Waals surface area contributed by atoms with Crippen molar-refractivity contribution in [2.45, 2.75) is 57.4 Å². The van der Waals surface area contributed by atoms with Crippen molar-refractivity contribution in [2.75, 3.05) is 45.9 Å². The number of hydrogen-bond donors (Lipinski definition) is 0. The molecule has 0 aromatic carbocycles. The van der Waals surface area contributed by atoms with Gasteiger partial charge in [-0.1, -0.05) is 6.92 Å². The van der Waals surface area contributed by atoms with Gasteiger partial charge in [0.05, 0.1) is 23.9 Å². The molecule has 4 bridgehead atoms. The molecule has 5 heteroatoms. The lowest BCUT2D eigenvalue weighted by atomic mass is 9.50. The lowest BCUT2D eigenvalue weighted by molar-refractivity contribution is -0.00537. The number of ether oxygens (including phenoxy) is 1. The standard InChI is InChI=1S/C22H35N3OS/c1-2-24(3-4-25-5-7-26-8-6-25)15-20-16-27-21(23-20)22-12-17-9-18(13-22)11-19(10-17)14-22/h16-19H,2-15H2,1H3. The van der Waals surface area contributed by atoms with Crippen molar-refractivity contribution in [3.05, 3.63) is 16.1 Å². The first-order valence-corrected chi connectivity index (χ1v) is 12.1. The summed E-state index contributed by atoms with van der Waals surface area (Å²) in [6.07, 6.45) is 8.84. The summed E-state index contributed by atoms with van der Waals surface area (Å²) in [5, 5.41) is 3.85. The Morgan fingerprint density at radius 2 is 1.81 bits per heavy atom. The van der Waals surface area contributed by atoms with Gasteiger partial charge in [0.15, 0.2) is 0 Å². The molecule has 5 fully saturated rings. The lowest BCUT2D eigenvalue weighted by Gasteiger charge is -2.56. The number of likely N-dealkylation sites (N-methyl/N-ethyl adjacent to an activating group) is 1. The number of morpholine rings is 1. The lowest BCUT2D eigenvalue weighted by Crippen LogP contribution is -2.48. The Labute approximate surface area is 168 Å². The molecule has 6 rings (SSSR count). The predicted molar refractivity (Wildman–Crippen MR) is 110 cm³/mol. The number of aromatic nitrogens is 1. The molecule has 0 atom stereocenters. The third-order valence-electron chi connectivity index (χ3n) is 7.71. The van der Waals surface area contributed by atoms with E-state index < -0.39 is 0 Å². The van der Waals surface area contributed by atoms with Gasteiger partial charge in [-0.15, -0.1) is 11.3 Å². The van der Waals surface area contributed by atoms with Gasteiger partial charge in [0.2, 0.25) is 0 Å². The van der Waals surface area contributed by atoms with Crippen LogP contribution in [-0.2, 0) is 16.7 Å². The van der Waals surface area contributed by atoms with Gasteiger partial charge in [-0.05, 0) is 62.8 Å².